The highest BCUT2D eigenvalue weighted by atomic mass is 16.5. The van der Waals surface area contributed by atoms with E-state index >= 15 is 0 Å². The lowest BCUT2D eigenvalue weighted by molar-refractivity contribution is 0.240. The van der Waals surface area contributed by atoms with Gasteiger partial charge >= 0.3 is 0 Å². The summed E-state index contributed by atoms with van der Waals surface area (Å²) < 4.78 is 5.39. The van der Waals surface area contributed by atoms with Crippen LogP contribution in [0.15, 0.2) is 65.6 Å². The van der Waals surface area contributed by atoms with Crippen LogP contribution in [0.5, 0.6) is 0 Å². The van der Waals surface area contributed by atoms with E-state index in [2.05, 4.69) is 54.2 Å². The molecule has 0 unspecified atom stereocenters. The maximum Gasteiger partial charge on any atom is 0.259 e. The van der Waals surface area contributed by atoms with Gasteiger partial charge in [-0.05, 0) is 24.3 Å². The van der Waals surface area contributed by atoms with Crippen LogP contribution in [-0.2, 0) is 6.54 Å². The molecule has 28 heavy (non-hydrogen) atoms. The molecule has 3 aromatic heterocycles. The van der Waals surface area contributed by atoms with Gasteiger partial charge in [0, 0.05) is 55.8 Å². The largest absolute Gasteiger partial charge is 0.368 e. The Morgan fingerprint density at radius 3 is 2.68 bits per heavy atom. The van der Waals surface area contributed by atoms with Crippen LogP contribution >= 0.6 is 0 Å². The van der Waals surface area contributed by atoms with Crippen LogP contribution < -0.4 is 4.90 Å². The summed E-state index contributed by atoms with van der Waals surface area (Å²) in [5.41, 5.74) is 3.14. The molecule has 1 saturated heterocycles. The zero-order chi connectivity index (χ0) is 18.8. The van der Waals surface area contributed by atoms with Crippen LogP contribution in [0.2, 0.25) is 0 Å². The summed E-state index contributed by atoms with van der Waals surface area (Å²) in [7, 11) is 0. The molecule has 7 nitrogen and oxygen atoms in total. The van der Waals surface area contributed by atoms with Crippen molar-refractivity contribution in [3.05, 3.63) is 66.9 Å². The smallest absolute Gasteiger partial charge is 0.259 e. The Hall–Kier alpha value is -3.32. The third kappa shape index (κ3) is 3.32. The van der Waals surface area contributed by atoms with Gasteiger partial charge in [0.05, 0.1) is 17.6 Å². The van der Waals surface area contributed by atoms with Gasteiger partial charge in [0.15, 0.2) is 5.82 Å². The molecule has 0 saturated carbocycles. The maximum absolute atomic E-state index is 5.39. The lowest BCUT2D eigenvalue weighted by Gasteiger charge is -2.36. The van der Waals surface area contributed by atoms with Crippen molar-refractivity contribution in [1.29, 1.82) is 0 Å². The van der Waals surface area contributed by atoms with Crippen LogP contribution in [0.4, 0.5) is 5.69 Å². The average molecular weight is 372 g/mol. The first-order valence-electron chi connectivity index (χ1n) is 9.41. The second-order valence-corrected chi connectivity index (χ2v) is 6.87. The van der Waals surface area contributed by atoms with Crippen molar-refractivity contribution in [1.82, 2.24) is 25.0 Å². The van der Waals surface area contributed by atoms with Crippen LogP contribution in [0.25, 0.3) is 22.4 Å². The molecule has 5 rings (SSSR count). The second kappa shape index (κ2) is 7.36. The van der Waals surface area contributed by atoms with E-state index < -0.39 is 0 Å². The highest BCUT2D eigenvalue weighted by molar-refractivity contribution is 5.91. The molecule has 0 bridgehead atoms. The van der Waals surface area contributed by atoms with Crippen LogP contribution in [0.3, 0.4) is 0 Å². The Balaban J connectivity index is 1.25. The highest BCUT2D eigenvalue weighted by Gasteiger charge is 2.20. The van der Waals surface area contributed by atoms with Crippen molar-refractivity contribution in [2.45, 2.75) is 6.54 Å². The second-order valence-electron chi connectivity index (χ2n) is 6.87. The van der Waals surface area contributed by atoms with E-state index in [4.69, 9.17) is 4.52 Å². The van der Waals surface area contributed by atoms with Crippen molar-refractivity contribution < 1.29 is 4.52 Å². The number of pyridine rings is 2. The molecule has 4 heterocycles. The van der Waals surface area contributed by atoms with E-state index in [-0.39, 0.29) is 0 Å². The Morgan fingerprint density at radius 2 is 1.82 bits per heavy atom. The van der Waals surface area contributed by atoms with Gasteiger partial charge in [-0.3, -0.25) is 14.9 Å². The number of piperazine rings is 1. The zero-order valence-corrected chi connectivity index (χ0v) is 15.4. The third-order valence-electron chi connectivity index (χ3n) is 5.08. The molecule has 0 N–H and O–H groups in total. The minimum Gasteiger partial charge on any atom is -0.368 e. The fourth-order valence-corrected chi connectivity index (χ4v) is 3.63. The molecule has 140 valence electrons. The third-order valence-corrected chi connectivity index (χ3v) is 5.08. The van der Waals surface area contributed by atoms with Crippen molar-refractivity contribution >= 4 is 16.6 Å². The van der Waals surface area contributed by atoms with E-state index in [0.717, 1.165) is 37.3 Å². The molecule has 0 radical (unpaired) electrons. The fraction of sp³-hybridized carbons (Fsp3) is 0.238. The van der Waals surface area contributed by atoms with Gasteiger partial charge in [-0.15, -0.1) is 0 Å². The molecule has 1 aliphatic heterocycles. The maximum atomic E-state index is 5.39. The van der Waals surface area contributed by atoms with Crippen molar-refractivity contribution in [2.24, 2.45) is 0 Å². The first kappa shape index (κ1) is 16.8. The highest BCUT2D eigenvalue weighted by Crippen LogP contribution is 2.26. The molecule has 1 fully saturated rings. The van der Waals surface area contributed by atoms with Crippen LogP contribution in [0, 0.1) is 0 Å². The van der Waals surface area contributed by atoms with E-state index in [1.54, 1.807) is 12.4 Å². The summed E-state index contributed by atoms with van der Waals surface area (Å²) in [5, 5.41) is 5.33. The lowest BCUT2D eigenvalue weighted by Crippen LogP contribution is -2.46. The summed E-state index contributed by atoms with van der Waals surface area (Å²) in [6.07, 6.45) is 5.35. The predicted molar refractivity (Wildman–Crippen MR) is 107 cm³/mol. The SMILES string of the molecule is c1cncc(-c2nc(CN3CCN(c4ccnc5ccccc45)CC3)no2)c1. The van der Waals surface area contributed by atoms with Crippen LogP contribution in [-0.4, -0.2) is 51.2 Å². The van der Waals surface area contributed by atoms with Crippen molar-refractivity contribution in [3.8, 4) is 11.5 Å². The molecule has 0 atom stereocenters. The van der Waals surface area contributed by atoms with E-state index in [0.29, 0.717) is 18.3 Å². The van der Waals surface area contributed by atoms with E-state index in [1.165, 1.54) is 11.1 Å². The summed E-state index contributed by atoms with van der Waals surface area (Å²) in [5.74, 6) is 1.23. The Morgan fingerprint density at radius 1 is 0.929 bits per heavy atom. The van der Waals surface area contributed by atoms with E-state index in [1.807, 2.05) is 24.4 Å². The minimum atomic E-state index is 0.519. The summed E-state index contributed by atoms with van der Waals surface area (Å²) in [6, 6.07) is 14.2. The standard InChI is InChI=1S/C21H20N6O/c1-2-6-18-17(5-1)19(7-9-23-18)27-12-10-26(11-13-27)15-20-24-21(28-25-20)16-4-3-8-22-14-16/h1-9,14H,10-13,15H2. The molecule has 0 spiro atoms. The number of hydrogen-bond acceptors (Lipinski definition) is 7. The van der Waals surface area contributed by atoms with Gasteiger partial charge in [-0.25, -0.2) is 0 Å². The first-order valence-corrected chi connectivity index (χ1v) is 9.41. The Kier molecular flexibility index (Phi) is 4.42. The van der Waals surface area contributed by atoms with Gasteiger partial charge in [-0.2, -0.15) is 4.98 Å². The monoisotopic (exact) mass is 372 g/mol. The molecular weight excluding hydrogens is 352 g/mol. The summed E-state index contributed by atoms with van der Waals surface area (Å²) in [4.78, 5) is 17.9. The minimum absolute atomic E-state index is 0.519. The molecular formula is C21H20N6O. The van der Waals surface area contributed by atoms with Gasteiger partial charge in [0.1, 0.15) is 0 Å². The molecule has 0 aliphatic carbocycles. The van der Waals surface area contributed by atoms with E-state index in [9.17, 15) is 0 Å². The Bertz CT molecular complexity index is 1070. The lowest BCUT2D eigenvalue weighted by atomic mass is 10.1. The summed E-state index contributed by atoms with van der Waals surface area (Å²) in [6.45, 7) is 4.51. The average Bonchev–Trinajstić information content (AvgIpc) is 3.23. The van der Waals surface area contributed by atoms with Crippen LogP contribution in [0.1, 0.15) is 5.82 Å². The number of rotatable bonds is 4. The van der Waals surface area contributed by atoms with Gasteiger partial charge in [0.2, 0.25) is 0 Å². The molecule has 1 aromatic carbocycles. The molecule has 1 aliphatic rings. The Labute approximate surface area is 162 Å². The number of benzene rings is 1. The number of nitrogens with zero attached hydrogens (tertiary/aromatic N) is 6. The normalized spacial score (nSPS) is 15.2. The fourth-order valence-electron chi connectivity index (χ4n) is 3.63. The first-order chi connectivity index (χ1) is 13.9. The predicted octanol–water partition coefficient (Wildman–Crippen LogP) is 3.00. The number of para-hydroxylation sites is 1. The molecule has 4 aromatic rings. The van der Waals surface area contributed by atoms with Crippen molar-refractivity contribution in [2.75, 3.05) is 31.1 Å². The topological polar surface area (TPSA) is 71.2 Å². The van der Waals surface area contributed by atoms with Crippen molar-refractivity contribution in [3.63, 3.8) is 0 Å². The van der Waals surface area contributed by atoms with Gasteiger partial charge < -0.3 is 9.42 Å². The molecule has 7 heteroatoms. The number of fused-ring (bicyclic) bond motifs is 1. The molecule has 0 amide bonds. The number of anilines is 1. The van der Waals surface area contributed by atoms with Gasteiger partial charge in [0.25, 0.3) is 5.89 Å². The number of aromatic nitrogens is 4. The zero-order valence-electron chi connectivity index (χ0n) is 15.4. The quantitative estimate of drug-likeness (QED) is 0.545. The summed E-state index contributed by atoms with van der Waals surface area (Å²) >= 11 is 0. The van der Waals surface area contributed by atoms with Gasteiger partial charge in [-0.1, -0.05) is 23.4 Å². The number of hydrogen-bond donors (Lipinski definition) is 0.